The molecule has 0 aliphatic carbocycles. The number of hydrogen-bond donors (Lipinski definition) is 1. The molecular weight excluding hydrogens is 529 g/mol. The van der Waals surface area contributed by atoms with Gasteiger partial charge >= 0.3 is 6.09 Å². The third kappa shape index (κ3) is 6.50. The van der Waals surface area contributed by atoms with Gasteiger partial charge in [0.05, 0.1) is 47.3 Å². The fraction of sp³-hybridized carbons (Fsp3) is 0.556. The molecule has 2 aliphatic heterocycles. The molecule has 9 nitrogen and oxygen atoms in total. The highest BCUT2D eigenvalue weighted by Crippen LogP contribution is 2.33. The monoisotopic (exact) mass is 563 g/mol. The number of rotatable bonds is 10. The first-order valence-corrected chi connectivity index (χ1v) is 14.0. The highest BCUT2D eigenvalue weighted by atomic mass is 35.5. The van der Waals surface area contributed by atoms with E-state index < -0.39 is 6.09 Å². The molecule has 2 aromatic rings. The van der Waals surface area contributed by atoms with E-state index >= 15 is 0 Å². The molecule has 2 saturated heterocycles. The average Bonchev–Trinajstić information content (AvgIpc) is 3.50. The summed E-state index contributed by atoms with van der Waals surface area (Å²) >= 11 is 12.6. The Morgan fingerprint density at radius 3 is 2.58 bits per heavy atom. The molecule has 38 heavy (non-hydrogen) atoms. The number of nitrogens with zero attached hydrogens (tertiary/aromatic N) is 4. The summed E-state index contributed by atoms with van der Waals surface area (Å²) in [6.45, 7) is 8.64. The van der Waals surface area contributed by atoms with Gasteiger partial charge in [-0.25, -0.2) is 14.8 Å². The molecule has 0 radical (unpaired) electrons. The summed E-state index contributed by atoms with van der Waals surface area (Å²) in [4.78, 5) is 37.9. The maximum atomic E-state index is 12.8. The zero-order valence-corrected chi connectivity index (χ0v) is 23.6. The van der Waals surface area contributed by atoms with E-state index in [-0.39, 0.29) is 24.7 Å². The number of likely N-dealkylation sites (tertiary alicyclic amines) is 2. The number of nitrogens with one attached hydrogen (secondary N) is 1. The number of anilines is 1. The number of hydrogen-bond acceptors (Lipinski definition) is 7. The molecule has 3 heterocycles. The topological polar surface area (TPSA) is 96.9 Å². The van der Waals surface area contributed by atoms with Crippen LogP contribution >= 0.6 is 23.2 Å². The lowest BCUT2D eigenvalue weighted by atomic mass is 10.1. The van der Waals surface area contributed by atoms with Gasteiger partial charge in [0.1, 0.15) is 12.4 Å². The fourth-order valence-corrected chi connectivity index (χ4v) is 5.40. The van der Waals surface area contributed by atoms with Crippen LogP contribution in [0.5, 0.6) is 0 Å². The number of ether oxygens (including phenoxy) is 2. The minimum Gasteiger partial charge on any atom is -0.448 e. The van der Waals surface area contributed by atoms with Crippen molar-refractivity contribution in [3.63, 3.8) is 0 Å². The summed E-state index contributed by atoms with van der Waals surface area (Å²) in [6.07, 6.45) is 2.11. The third-order valence-electron chi connectivity index (χ3n) is 6.88. The van der Waals surface area contributed by atoms with Gasteiger partial charge in [-0.05, 0) is 44.4 Å². The zero-order chi connectivity index (χ0) is 27.2. The van der Waals surface area contributed by atoms with Crippen LogP contribution in [0.1, 0.15) is 45.0 Å². The average molecular weight is 565 g/mol. The SMILES string of the molecule is CCOC1CN(C(=O)OCCN2CCCC2=O)CC1Nc1nc(CC)c(-c2ccc(Cl)cc2Cl)nc1CC. The van der Waals surface area contributed by atoms with Crippen LogP contribution in [0.3, 0.4) is 0 Å². The molecule has 1 aromatic heterocycles. The van der Waals surface area contributed by atoms with Crippen LogP contribution in [0, 0.1) is 0 Å². The van der Waals surface area contributed by atoms with Crippen LogP contribution in [-0.2, 0) is 27.1 Å². The molecule has 1 aromatic carbocycles. The Kier molecular flexibility index (Phi) is 9.68. The Balaban J connectivity index is 1.48. The van der Waals surface area contributed by atoms with E-state index in [1.54, 1.807) is 21.9 Å². The predicted molar refractivity (Wildman–Crippen MR) is 148 cm³/mol. The molecule has 2 aliphatic rings. The number of carbonyl (C=O) groups excluding carboxylic acids is 2. The van der Waals surface area contributed by atoms with Crippen molar-refractivity contribution in [2.45, 2.75) is 58.6 Å². The molecule has 1 N–H and O–H groups in total. The molecule has 4 rings (SSSR count). The first-order chi connectivity index (χ1) is 18.3. The van der Waals surface area contributed by atoms with Crippen molar-refractivity contribution in [1.82, 2.24) is 19.8 Å². The summed E-state index contributed by atoms with van der Waals surface area (Å²) < 4.78 is 11.5. The van der Waals surface area contributed by atoms with Crippen molar-refractivity contribution < 1.29 is 19.1 Å². The highest BCUT2D eigenvalue weighted by Gasteiger charge is 2.37. The van der Waals surface area contributed by atoms with Gasteiger partial charge in [-0.1, -0.05) is 37.0 Å². The lowest BCUT2D eigenvalue weighted by Gasteiger charge is -2.22. The second-order valence-electron chi connectivity index (χ2n) is 9.39. The molecule has 206 valence electrons. The van der Waals surface area contributed by atoms with E-state index in [0.29, 0.717) is 61.4 Å². The number of carbonyl (C=O) groups is 2. The fourth-order valence-electron chi connectivity index (χ4n) is 4.91. The second-order valence-corrected chi connectivity index (χ2v) is 10.2. The van der Waals surface area contributed by atoms with Crippen LogP contribution in [0.4, 0.5) is 10.6 Å². The lowest BCUT2D eigenvalue weighted by molar-refractivity contribution is -0.128. The summed E-state index contributed by atoms with van der Waals surface area (Å²) in [7, 11) is 0. The van der Waals surface area contributed by atoms with Crippen LogP contribution in [0.2, 0.25) is 10.0 Å². The maximum absolute atomic E-state index is 12.8. The summed E-state index contributed by atoms with van der Waals surface area (Å²) in [5.74, 6) is 0.794. The van der Waals surface area contributed by atoms with E-state index in [1.165, 1.54) is 0 Å². The van der Waals surface area contributed by atoms with Gasteiger partial charge in [-0.15, -0.1) is 0 Å². The Bertz CT molecular complexity index is 1160. The van der Waals surface area contributed by atoms with Crippen molar-refractivity contribution in [2.75, 3.05) is 44.7 Å². The molecule has 2 fully saturated rings. The number of aryl methyl sites for hydroxylation is 2. The minimum atomic E-state index is -0.408. The van der Waals surface area contributed by atoms with Crippen molar-refractivity contribution >= 4 is 41.0 Å². The van der Waals surface area contributed by atoms with Gasteiger partial charge in [-0.3, -0.25) is 4.79 Å². The normalized spacial score (nSPS) is 19.3. The van der Waals surface area contributed by atoms with E-state index in [0.717, 1.165) is 35.6 Å². The Hall–Kier alpha value is -2.62. The minimum absolute atomic E-state index is 0.117. The molecule has 0 saturated carbocycles. The molecule has 11 heteroatoms. The number of benzene rings is 1. The van der Waals surface area contributed by atoms with Gasteiger partial charge < -0.3 is 24.6 Å². The molecule has 2 atom stereocenters. The van der Waals surface area contributed by atoms with E-state index in [9.17, 15) is 9.59 Å². The van der Waals surface area contributed by atoms with Gasteiger partial charge in [-0.2, -0.15) is 0 Å². The van der Waals surface area contributed by atoms with Crippen molar-refractivity contribution in [3.8, 4) is 11.3 Å². The van der Waals surface area contributed by atoms with E-state index in [1.807, 2.05) is 26.8 Å². The number of aromatic nitrogens is 2. The van der Waals surface area contributed by atoms with Crippen molar-refractivity contribution in [3.05, 3.63) is 39.6 Å². The lowest BCUT2D eigenvalue weighted by Crippen LogP contribution is -2.36. The van der Waals surface area contributed by atoms with Crippen LogP contribution in [0.15, 0.2) is 18.2 Å². The van der Waals surface area contributed by atoms with Gasteiger partial charge in [0, 0.05) is 36.7 Å². The second kappa shape index (κ2) is 13.0. The molecular formula is C27H35Cl2N5O4. The van der Waals surface area contributed by atoms with E-state index in [4.69, 9.17) is 42.6 Å². The third-order valence-corrected chi connectivity index (χ3v) is 7.43. The molecule has 0 spiro atoms. The van der Waals surface area contributed by atoms with Crippen molar-refractivity contribution in [2.24, 2.45) is 0 Å². The Morgan fingerprint density at radius 2 is 1.92 bits per heavy atom. The standard InChI is InChI=1S/C27H35Cl2N5O4/c1-4-20-25(18-10-9-17(28)14-19(18)29)30-21(5-2)26(31-20)32-22-15-34(16-23(22)37-6-3)27(36)38-13-12-33-11-7-8-24(33)35/h9-10,14,22-23H,4-8,11-13,15-16H2,1-3H3,(H,31,32). The first kappa shape index (κ1) is 28.4. The van der Waals surface area contributed by atoms with Crippen LogP contribution in [0.25, 0.3) is 11.3 Å². The van der Waals surface area contributed by atoms with Gasteiger partial charge in [0.15, 0.2) is 0 Å². The number of amides is 2. The summed E-state index contributed by atoms with van der Waals surface area (Å²) in [6, 6.07) is 5.19. The zero-order valence-electron chi connectivity index (χ0n) is 22.1. The highest BCUT2D eigenvalue weighted by molar-refractivity contribution is 6.36. The first-order valence-electron chi connectivity index (χ1n) is 13.3. The van der Waals surface area contributed by atoms with Crippen LogP contribution < -0.4 is 5.32 Å². The van der Waals surface area contributed by atoms with Crippen molar-refractivity contribution in [1.29, 1.82) is 0 Å². The quantitative estimate of drug-likeness (QED) is 0.441. The predicted octanol–water partition coefficient (Wildman–Crippen LogP) is 4.84. The largest absolute Gasteiger partial charge is 0.448 e. The molecule has 2 amide bonds. The summed E-state index contributed by atoms with van der Waals surface area (Å²) in [5, 5.41) is 4.60. The Labute approximate surface area is 233 Å². The molecule has 0 bridgehead atoms. The van der Waals surface area contributed by atoms with Gasteiger partial charge in [0.2, 0.25) is 5.91 Å². The van der Waals surface area contributed by atoms with E-state index in [2.05, 4.69) is 5.32 Å². The van der Waals surface area contributed by atoms with Crippen LogP contribution in [-0.4, -0.2) is 83.3 Å². The Morgan fingerprint density at radius 1 is 1.13 bits per heavy atom. The van der Waals surface area contributed by atoms with Gasteiger partial charge in [0.25, 0.3) is 0 Å². The number of halogens is 2. The maximum Gasteiger partial charge on any atom is 0.409 e. The summed E-state index contributed by atoms with van der Waals surface area (Å²) in [5.41, 5.74) is 3.15. The smallest absolute Gasteiger partial charge is 0.409 e. The molecule has 2 unspecified atom stereocenters.